The van der Waals surface area contributed by atoms with E-state index in [1.165, 1.54) is 5.56 Å². The third kappa shape index (κ3) is 3.82. The van der Waals surface area contributed by atoms with Gasteiger partial charge in [-0.3, -0.25) is 4.79 Å². The lowest BCUT2D eigenvalue weighted by Crippen LogP contribution is -2.53. The van der Waals surface area contributed by atoms with E-state index < -0.39 is 5.41 Å². The second-order valence-electron chi connectivity index (χ2n) is 7.25. The predicted octanol–water partition coefficient (Wildman–Crippen LogP) is 4.27. The number of amides is 1. The Bertz CT molecular complexity index is 747. The number of aryl methyl sites for hydroxylation is 1. The summed E-state index contributed by atoms with van der Waals surface area (Å²) in [4.78, 5) is 17.4. The highest BCUT2D eigenvalue weighted by molar-refractivity contribution is 6.30. The summed E-state index contributed by atoms with van der Waals surface area (Å²) < 4.78 is 0. The van der Waals surface area contributed by atoms with Gasteiger partial charge in [-0.2, -0.15) is 0 Å². The summed E-state index contributed by atoms with van der Waals surface area (Å²) in [5.41, 5.74) is 2.89. The first-order valence-electron chi connectivity index (χ1n) is 8.75. The van der Waals surface area contributed by atoms with Gasteiger partial charge >= 0.3 is 0 Å². The van der Waals surface area contributed by atoms with Crippen molar-refractivity contribution >= 4 is 23.2 Å². The van der Waals surface area contributed by atoms with Crippen molar-refractivity contribution in [2.45, 2.75) is 26.2 Å². The van der Waals surface area contributed by atoms with Gasteiger partial charge in [0.25, 0.3) is 0 Å². The summed E-state index contributed by atoms with van der Waals surface area (Å²) in [6.07, 6.45) is 0. The van der Waals surface area contributed by atoms with Gasteiger partial charge in [-0.25, -0.2) is 0 Å². The quantitative estimate of drug-likeness (QED) is 0.819. The molecule has 2 aromatic rings. The van der Waals surface area contributed by atoms with Crippen molar-refractivity contribution in [1.29, 1.82) is 0 Å². The third-order valence-electron chi connectivity index (χ3n) is 5.05. The summed E-state index contributed by atoms with van der Waals surface area (Å²) in [5, 5.41) is 0.747. The number of anilines is 1. The maximum absolute atomic E-state index is 13.1. The zero-order chi connectivity index (χ0) is 18.0. The van der Waals surface area contributed by atoms with E-state index in [-0.39, 0.29) is 5.91 Å². The minimum absolute atomic E-state index is 0.196. The SMILES string of the molecule is Cc1ccc(C(C)(C)C(=O)N2CCN(c3cccc(Cl)c3)CC2)cc1. The number of piperazine rings is 1. The van der Waals surface area contributed by atoms with Crippen molar-refractivity contribution < 1.29 is 4.79 Å². The van der Waals surface area contributed by atoms with Crippen LogP contribution < -0.4 is 4.90 Å². The standard InChI is InChI=1S/C21H25ClN2O/c1-16-7-9-17(10-8-16)21(2,3)20(25)24-13-11-23(12-14-24)19-6-4-5-18(22)15-19/h4-10,15H,11-14H2,1-3H3. The van der Waals surface area contributed by atoms with Crippen molar-refractivity contribution in [1.82, 2.24) is 4.90 Å². The highest BCUT2D eigenvalue weighted by atomic mass is 35.5. The largest absolute Gasteiger partial charge is 0.368 e. The molecule has 1 aliphatic heterocycles. The van der Waals surface area contributed by atoms with Crippen molar-refractivity contribution in [3.8, 4) is 0 Å². The van der Waals surface area contributed by atoms with Gasteiger partial charge in [-0.05, 0) is 44.5 Å². The van der Waals surface area contributed by atoms with Crippen molar-refractivity contribution in [3.63, 3.8) is 0 Å². The lowest BCUT2D eigenvalue weighted by molar-refractivity contribution is -0.136. The molecule has 1 heterocycles. The first-order chi connectivity index (χ1) is 11.9. The molecule has 1 saturated heterocycles. The minimum Gasteiger partial charge on any atom is -0.368 e. The number of hydrogen-bond acceptors (Lipinski definition) is 2. The highest BCUT2D eigenvalue weighted by Crippen LogP contribution is 2.27. The number of carbonyl (C=O) groups excluding carboxylic acids is 1. The Balaban J connectivity index is 1.67. The monoisotopic (exact) mass is 356 g/mol. The van der Waals surface area contributed by atoms with E-state index in [0.29, 0.717) is 0 Å². The van der Waals surface area contributed by atoms with E-state index in [1.807, 2.05) is 36.9 Å². The molecule has 0 radical (unpaired) electrons. The first-order valence-corrected chi connectivity index (χ1v) is 9.13. The number of hydrogen-bond donors (Lipinski definition) is 0. The van der Waals surface area contributed by atoms with E-state index in [9.17, 15) is 4.79 Å². The highest BCUT2D eigenvalue weighted by Gasteiger charge is 2.35. The van der Waals surface area contributed by atoms with Crippen LogP contribution in [-0.2, 0) is 10.2 Å². The molecule has 0 unspecified atom stereocenters. The van der Waals surface area contributed by atoms with Crippen LogP contribution >= 0.6 is 11.6 Å². The van der Waals surface area contributed by atoms with Crippen LogP contribution in [0.25, 0.3) is 0 Å². The first kappa shape index (κ1) is 17.8. The van der Waals surface area contributed by atoms with E-state index >= 15 is 0 Å². The normalized spacial score (nSPS) is 15.4. The summed E-state index contributed by atoms with van der Waals surface area (Å²) in [6.45, 7) is 9.23. The maximum atomic E-state index is 13.1. The molecule has 1 aliphatic rings. The average molecular weight is 357 g/mol. The Labute approximate surface area is 155 Å². The molecule has 3 nitrogen and oxygen atoms in total. The number of benzene rings is 2. The third-order valence-corrected chi connectivity index (χ3v) is 5.28. The van der Waals surface area contributed by atoms with E-state index in [0.717, 1.165) is 42.5 Å². The Morgan fingerprint density at radius 2 is 1.64 bits per heavy atom. The molecule has 25 heavy (non-hydrogen) atoms. The molecule has 0 saturated carbocycles. The van der Waals surface area contributed by atoms with Crippen LogP contribution in [-0.4, -0.2) is 37.0 Å². The fraction of sp³-hybridized carbons (Fsp3) is 0.381. The molecule has 0 bridgehead atoms. The molecule has 1 amide bonds. The molecule has 4 heteroatoms. The zero-order valence-corrected chi connectivity index (χ0v) is 15.9. The summed E-state index contributed by atoms with van der Waals surface area (Å²) in [5.74, 6) is 0.196. The van der Waals surface area contributed by atoms with Crippen LogP contribution in [0.5, 0.6) is 0 Å². The molecule has 0 N–H and O–H groups in total. The van der Waals surface area contributed by atoms with Crippen LogP contribution in [0.15, 0.2) is 48.5 Å². The maximum Gasteiger partial charge on any atom is 0.232 e. The van der Waals surface area contributed by atoms with Gasteiger partial charge in [0.2, 0.25) is 5.91 Å². The van der Waals surface area contributed by atoms with Crippen molar-refractivity contribution in [2.24, 2.45) is 0 Å². The second-order valence-corrected chi connectivity index (χ2v) is 7.69. The van der Waals surface area contributed by atoms with Gasteiger partial charge in [0.05, 0.1) is 5.41 Å². The van der Waals surface area contributed by atoms with Gasteiger partial charge < -0.3 is 9.80 Å². The molecule has 1 fully saturated rings. The van der Waals surface area contributed by atoms with E-state index in [1.54, 1.807) is 0 Å². The zero-order valence-electron chi connectivity index (χ0n) is 15.1. The molecule has 2 aromatic carbocycles. The molecule has 132 valence electrons. The Morgan fingerprint density at radius 1 is 1.00 bits per heavy atom. The lowest BCUT2D eigenvalue weighted by Gasteiger charge is -2.39. The number of nitrogens with zero attached hydrogens (tertiary/aromatic N) is 2. The molecule has 3 rings (SSSR count). The number of halogens is 1. The average Bonchev–Trinajstić information content (AvgIpc) is 2.61. The van der Waals surface area contributed by atoms with E-state index in [4.69, 9.17) is 11.6 Å². The molecule has 0 aliphatic carbocycles. The summed E-state index contributed by atoms with van der Waals surface area (Å²) in [7, 11) is 0. The van der Waals surface area contributed by atoms with Crippen molar-refractivity contribution in [3.05, 3.63) is 64.7 Å². The fourth-order valence-electron chi connectivity index (χ4n) is 3.33. The summed E-state index contributed by atoms with van der Waals surface area (Å²) in [6, 6.07) is 16.2. The molecule has 0 atom stereocenters. The summed E-state index contributed by atoms with van der Waals surface area (Å²) >= 11 is 6.09. The topological polar surface area (TPSA) is 23.6 Å². The van der Waals surface area contributed by atoms with Crippen LogP contribution in [0.4, 0.5) is 5.69 Å². The molecular weight excluding hydrogens is 332 g/mol. The fourth-order valence-corrected chi connectivity index (χ4v) is 3.51. The van der Waals surface area contributed by atoms with Crippen molar-refractivity contribution in [2.75, 3.05) is 31.1 Å². The Hall–Kier alpha value is -2.00. The molecule has 0 aromatic heterocycles. The van der Waals surface area contributed by atoms with Gasteiger partial charge in [-0.15, -0.1) is 0 Å². The smallest absolute Gasteiger partial charge is 0.232 e. The Morgan fingerprint density at radius 3 is 2.24 bits per heavy atom. The van der Waals surface area contributed by atoms with Crippen LogP contribution in [0.1, 0.15) is 25.0 Å². The molecule has 0 spiro atoms. The van der Waals surface area contributed by atoms with Crippen LogP contribution in [0, 0.1) is 6.92 Å². The predicted molar refractivity (Wildman–Crippen MR) is 104 cm³/mol. The molecular formula is C21H25ClN2O. The van der Waals surface area contributed by atoms with Gasteiger partial charge in [0.1, 0.15) is 0 Å². The Kier molecular flexibility index (Phi) is 5.05. The van der Waals surface area contributed by atoms with E-state index in [2.05, 4.69) is 42.2 Å². The van der Waals surface area contributed by atoms with Crippen LogP contribution in [0.2, 0.25) is 5.02 Å². The van der Waals surface area contributed by atoms with Gasteiger partial charge in [0.15, 0.2) is 0 Å². The van der Waals surface area contributed by atoms with Gasteiger partial charge in [-0.1, -0.05) is 47.5 Å². The van der Waals surface area contributed by atoms with Gasteiger partial charge in [0, 0.05) is 36.9 Å². The number of carbonyl (C=O) groups is 1. The lowest BCUT2D eigenvalue weighted by atomic mass is 9.82. The minimum atomic E-state index is -0.508. The second kappa shape index (κ2) is 7.09. The number of rotatable bonds is 3. The van der Waals surface area contributed by atoms with Crippen LogP contribution in [0.3, 0.4) is 0 Å².